The fraction of sp³-hybridized carbons (Fsp3) is 0.0952. The number of nitrogens with one attached hydrogen (secondary N) is 1. The standard InChI is InChI=1S/C21H19NO2S/c1-24-20(16-10-4-2-5-11-16)21(23)22-18-14-8-9-15-19(18)25-17-12-6-3-7-13-17/h2-15,20H,1H3,(H,22,23)/t20-/m0/s1. The highest BCUT2D eigenvalue weighted by Gasteiger charge is 2.20. The van der Waals surface area contributed by atoms with Gasteiger partial charge in [0.15, 0.2) is 6.10 Å². The predicted molar refractivity (Wildman–Crippen MR) is 102 cm³/mol. The summed E-state index contributed by atoms with van der Waals surface area (Å²) in [5.41, 5.74) is 1.61. The molecule has 0 saturated heterocycles. The summed E-state index contributed by atoms with van der Waals surface area (Å²) in [6.45, 7) is 0. The Bertz CT molecular complexity index is 822. The van der Waals surface area contributed by atoms with Gasteiger partial charge in [-0.1, -0.05) is 72.4 Å². The molecule has 0 bridgehead atoms. The Morgan fingerprint density at radius 3 is 2.16 bits per heavy atom. The number of ether oxygens (including phenoxy) is 1. The van der Waals surface area contributed by atoms with Gasteiger partial charge in [-0.2, -0.15) is 0 Å². The van der Waals surface area contributed by atoms with Crippen LogP contribution in [0.25, 0.3) is 0 Å². The molecule has 0 unspecified atom stereocenters. The van der Waals surface area contributed by atoms with Crippen molar-refractivity contribution in [2.24, 2.45) is 0 Å². The minimum Gasteiger partial charge on any atom is -0.367 e. The van der Waals surface area contributed by atoms with Crippen LogP contribution in [0.3, 0.4) is 0 Å². The fourth-order valence-corrected chi connectivity index (χ4v) is 3.42. The van der Waals surface area contributed by atoms with Gasteiger partial charge < -0.3 is 10.1 Å². The van der Waals surface area contributed by atoms with Crippen molar-refractivity contribution in [3.8, 4) is 0 Å². The number of amides is 1. The van der Waals surface area contributed by atoms with E-state index in [0.29, 0.717) is 0 Å². The van der Waals surface area contributed by atoms with Gasteiger partial charge in [0.2, 0.25) is 0 Å². The van der Waals surface area contributed by atoms with Gasteiger partial charge in [0.1, 0.15) is 0 Å². The Balaban J connectivity index is 1.79. The van der Waals surface area contributed by atoms with Gasteiger partial charge in [-0.15, -0.1) is 0 Å². The van der Waals surface area contributed by atoms with E-state index in [-0.39, 0.29) is 5.91 Å². The van der Waals surface area contributed by atoms with E-state index in [1.165, 1.54) is 0 Å². The second-order valence-electron chi connectivity index (χ2n) is 5.43. The third-order valence-electron chi connectivity index (χ3n) is 3.69. The van der Waals surface area contributed by atoms with Crippen LogP contribution in [0.5, 0.6) is 0 Å². The molecule has 25 heavy (non-hydrogen) atoms. The number of carbonyl (C=O) groups excluding carboxylic acids is 1. The molecule has 0 aliphatic heterocycles. The molecular formula is C21H19NO2S. The Labute approximate surface area is 152 Å². The van der Waals surface area contributed by atoms with Gasteiger partial charge in [-0.25, -0.2) is 0 Å². The van der Waals surface area contributed by atoms with Crippen LogP contribution in [0, 0.1) is 0 Å². The Morgan fingerprint density at radius 2 is 1.48 bits per heavy atom. The van der Waals surface area contributed by atoms with Crippen molar-refractivity contribution in [1.82, 2.24) is 0 Å². The van der Waals surface area contributed by atoms with E-state index in [4.69, 9.17) is 4.74 Å². The zero-order valence-corrected chi connectivity index (χ0v) is 14.7. The Hall–Kier alpha value is -2.56. The maximum atomic E-state index is 12.7. The molecule has 0 aliphatic carbocycles. The molecule has 3 aromatic rings. The summed E-state index contributed by atoms with van der Waals surface area (Å²) >= 11 is 1.62. The number of para-hydroxylation sites is 1. The molecule has 0 fully saturated rings. The molecule has 126 valence electrons. The molecule has 1 amide bonds. The van der Waals surface area contributed by atoms with E-state index in [9.17, 15) is 4.79 Å². The van der Waals surface area contributed by atoms with Crippen LogP contribution in [-0.2, 0) is 9.53 Å². The summed E-state index contributed by atoms with van der Waals surface area (Å²) in [5, 5.41) is 3.00. The lowest BCUT2D eigenvalue weighted by Gasteiger charge is -2.17. The topological polar surface area (TPSA) is 38.3 Å². The van der Waals surface area contributed by atoms with Crippen molar-refractivity contribution < 1.29 is 9.53 Å². The van der Waals surface area contributed by atoms with Crippen LogP contribution in [0.4, 0.5) is 5.69 Å². The predicted octanol–water partition coefficient (Wildman–Crippen LogP) is 5.16. The first kappa shape index (κ1) is 17.3. The number of methoxy groups -OCH3 is 1. The maximum Gasteiger partial charge on any atom is 0.258 e. The third-order valence-corrected chi connectivity index (χ3v) is 4.78. The third kappa shape index (κ3) is 4.50. The highest BCUT2D eigenvalue weighted by molar-refractivity contribution is 7.99. The van der Waals surface area contributed by atoms with Gasteiger partial charge in [-0.05, 0) is 29.8 Å². The first-order chi connectivity index (χ1) is 12.3. The number of hydrogen-bond donors (Lipinski definition) is 1. The SMILES string of the molecule is CO[C@H](C(=O)Nc1ccccc1Sc1ccccc1)c1ccccc1. The summed E-state index contributed by atoms with van der Waals surface area (Å²) in [6.07, 6.45) is -0.643. The largest absolute Gasteiger partial charge is 0.367 e. The van der Waals surface area contributed by atoms with E-state index in [1.807, 2.05) is 84.9 Å². The van der Waals surface area contributed by atoms with E-state index in [1.54, 1.807) is 18.9 Å². The van der Waals surface area contributed by atoms with E-state index < -0.39 is 6.10 Å². The fourth-order valence-electron chi connectivity index (χ4n) is 2.50. The summed E-state index contributed by atoms with van der Waals surface area (Å²) in [7, 11) is 1.54. The molecule has 0 radical (unpaired) electrons. The zero-order valence-electron chi connectivity index (χ0n) is 13.9. The number of benzene rings is 3. The number of rotatable bonds is 6. The summed E-state index contributed by atoms with van der Waals surface area (Å²) in [6, 6.07) is 27.3. The van der Waals surface area contributed by atoms with Crippen LogP contribution in [0.15, 0.2) is 94.7 Å². The smallest absolute Gasteiger partial charge is 0.258 e. The molecule has 4 heteroatoms. The van der Waals surface area contributed by atoms with Gasteiger partial charge in [0.05, 0.1) is 5.69 Å². The zero-order chi connectivity index (χ0) is 17.5. The lowest BCUT2D eigenvalue weighted by Crippen LogP contribution is -2.22. The number of anilines is 1. The molecule has 0 aromatic heterocycles. The lowest BCUT2D eigenvalue weighted by atomic mass is 10.1. The molecule has 0 spiro atoms. The van der Waals surface area contributed by atoms with Crippen LogP contribution in [-0.4, -0.2) is 13.0 Å². The van der Waals surface area contributed by atoms with Gasteiger partial charge >= 0.3 is 0 Å². The molecule has 0 aliphatic rings. The van der Waals surface area contributed by atoms with Gasteiger partial charge in [-0.3, -0.25) is 4.79 Å². The average Bonchev–Trinajstić information content (AvgIpc) is 2.66. The van der Waals surface area contributed by atoms with Crippen LogP contribution < -0.4 is 5.32 Å². The second-order valence-corrected chi connectivity index (χ2v) is 6.54. The van der Waals surface area contributed by atoms with Crippen LogP contribution in [0.1, 0.15) is 11.7 Å². The van der Waals surface area contributed by atoms with Crippen molar-refractivity contribution in [1.29, 1.82) is 0 Å². The van der Waals surface area contributed by atoms with Crippen LogP contribution in [0.2, 0.25) is 0 Å². The van der Waals surface area contributed by atoms with Gasteiger partial charge in [0, 0.05) is 16.9 Å². The quantitative estimate of drug-likeness (QED) is 0.668. The van der Waals surface area contributed by atoms with E-state index in [0.717, 1.165) is 21.0 Å². The van der Waals surface area contributed by atoms with Crippen molar-refractivity contribution in [2.45, 2.75) is 15.9 Å². The first-order valence-electron chi connectivity index (χ1n) is 7.98. The molecule has 0 saturated carbocycles. The summed E-state index contributed by atoms with van der Waals surface area (Å²) < 4.78 is 5.41. The Kier molecular flexibility index (Phi) is 5.88. The first-order valence-corrected chi connectivity index (χ1v) is 8.80. The van der Waals surface area contributed by atoms with E-state index >= 15 is 0 Å². The molecule has 1 atom stereocenters. The maximum absolute atomic E-state index is 12.7. The lowest BCUT2D eigenvalue weighted by molar-refractivity contribution is -0.126. The Morgan fingerprint density at radius 1 is 0.880 bits per heavy atom. The van der Waals surface area contributed by atoms with Crippen molar-refractivity contribution >= 4 is 23.4 Å². The minimum absolute atomic E-state index is 0.185. The van der Waals surface area contributed by atoms with E-state index in [2.05, 4.69) is 5.32 Å². The second kappa shape index (κ2) is 8.51. The van der Waals surface area contributed by atoms with Crippen LogP contribution >= 0.6 is 11.8 Å². The minimum atomic E-state index is -0.643. The average molecular weight is 349 g/mol. The highest BCUT2D eigenvalue weighted by Crippen LogP contribution is 2.33. The molecule has 3 nitrogen and oxygen atoms in total. The summed E-state index contributed by atoms with van der Waals surface area (Å²) in [4.78, 5) is 14.8. The normalized spacial score (nSPS) is 11.7. The molecule has 0 heterocycles. The molecule has 3 rings (SSSR count). The monoisotopic (exact) mass is 349 g/mol. The number of hydrogen-bond acceptors (Lipinski definition) is 3. The van der Waals surface area contributed by atoms with Crippen molar-refractivity contribution in [3.63, 3.8) is 0 Å². The van der Waals surface area contributed by atoms with Crippen molar-refractivity contribution in [2.75, 3.05) is 12.4 Å². The summed E-state index contributed by atoms with van der Waals surface area (Å²) in [5.74, 6) is -0.185. The molecular weight excluding hydrogens is 330 g/mol. The highest BCUT2D eigenvalue weighted by atomic mass is 32.2. The molecule has 1 N–H and O–H groups in total. The van der Waals surface area contributed by atoms with Crippen molar-refractivity contribution in [3.05, 3.63) is 90.5 Å². The van der Waals surface area contributed by atoms with Gasteiger partial charge in [0.25, 0.3) is 5.91 Å². The number of carbonyl (C=O) groups is 1. The molecule has 3 aromatic carbocycles.